The summed E-state index contributed by atoms with van der Waals surface area (Å²) in [5, 5.41) is 0.987. The van der Waals surface area contributed by atoms with E-state index < -0.39 is 5.97 Å². The number of para-hydroxylation sites is 1. The number of ether oxygens (including phenoxy) is 2. The molecule has 0 bridgehead atoms. The number of rotatable bonds is 5. The van der Waals surface area contributed by atoms with Crippen LogP contribution in [0.3, 0.4) is 0 Å². The van der Waals surface area contributed by atoms with Gasteiger partial charge in [0.2, 0.25) is 0 Å². The van der Waals surface area contributed by atoms with Crippen LogP contribution in [-0.2, 0) is 0 Å². The van der Waals surface area contributed by atoms with Crippen molar-refractivity contribution in [2.75, 3.05) is 14.2 Å². The second-order valence-electron chi connectivity index (χ2n) is 6.20. The van der Waals surface area contributed by atoms with E-state index in [-0.39, 0.29) is 0 Å². The summed E-state index contributed by atoms with van der Waals surface area (Å²) in [6.45, 7) is 0. The highest BCUT2D eigenvalue weighted by Gasteiger charge is 2.17. The number of hydrogen-bond acceptors (Lipinski definition) is 4. The lowest BCUT2D eigenvalue weighted by Gasteiger charge is -2.12. The first-order valence-electron chi connectivity index (χ1n) is 8.82. The van der Waals surface area contributed by atoms with E-state index in [1.165, 1.54) is 7.11 Å². The van der Waals surface area contributed by atoms with Gasteiger partial charge in [0.25, 0.3) is 0 Å². The van der Waals surface area contributed by atoms with Gasteiger partial charge in [-0.2, -0.15) is 4.73 Å². The summed E-state index contributed by atoms with van der Waals surface area (Å²) in [5.41, 5.74) is 2.94. The number of benzene rings is 3. The predicted molar refractivity (Wildman–Crippen MR) is 108 cm³/mol. The van der Waals surface area contributed by atoms with Crippen LogP contribution in [0.2, 0.25) is 0 Å². The van der Waals surface area contributed by atoms with Crippen molar-refractivity contribution in [3.05, 3.63) is 84.4 Å². The SMILES string of the molecule is COc1ccc(C(=O)On2c(-c3ccccc3)cc3ccccc32)cc1OC. The summed E-state index contributed by atoms with van der Waals surface area (Å²) >= 11 is 0. The van der Waals surface area contributed by atoms with Crippen molar-refractivity contribution in [1.29, 1.82) is 0 Å². The average Bonchev–Trinajstić information content (AvgIpc) is 3.12. The van der Waals surface area contributed by atoms with E-state index in [9.17, 15) is 4.79 Å². The normalized spacial score (nSPS) is 10.6. The van der Waals surface area contributed by atoms with Gasteiger partial charge in [0, 0.05) is 10.9 Å². The molecular formula is C23H19NO4. The molecule has 0 radical (unpaired) electrons. The molecule has 0 unspecified atom stereocenters. The Kier molecular flexibility index (Phi) is 4.72. The molecule has 140 valence electrons. The number of aromatic nitrogens is 1. The first-order chi connectivity index (χ1) is 13.7. The average molecular weight is 373 g/mol. The Bertz CT molecular complexity index is 1130. The van der Waals surface area contributed by atoms with Crippen molar-refractivity contribution in [3.8, 4) is 22.8 Å². The molecule has 5 nitrogen and oxygen atoms in total. The third kappa shape index (κ3) is 3.18. The molecule has 0 amide bonds. The van der Waals surface area contributed by atoms with Crippen LogP contribution in [0.5, 0.6) is 11.5 Å². The van der Waals surface area contributed by atoms with E-state index in [1.54, 1.807) is 30.0 Å². The van der Waals surface area contributed by atoms with Gasteiger partial charge in [0.1, 0.15) is 0 Å². The minimum Gasteiger partial charge on any atom is -0.493 e. The van der Waals surface area contributed by atoms with Crippen LogP contribution in [0.15, 0.2) is 78.9 Å². The standard InChI is InChI=1S/C23H19NO4/c1-26-21-13-12-18(15-22(21)27-2)23(25)28-24-19-11-7-6-10-17(19)14-20(24)16-8-4-3-5-9-16/h3-15H,1-2H3. The fourth-order valence-electron chi connectivity index (χ4n) is 3.14. The molecule has 3 aromatic carbocycles. The summed E-state index contributed by atoms with van der Waals surface area (Å²) in [5.74, 6) is 0.535. The van der Waals surface area contributed by atoms with Gasteiger partial charge in [0.05, 0.1) is 31.0 Å². The molecule has 4 aromatic rings. The molecule has 0 N–H and O–H groups in total. The molecule has 4 rings (SSSR count). The van der Waals surface area contributed by atoms with Gasteiger partial charge < -0.3 is 14.3 Å². The Hall–Kier alpha value is -3.73. The Labute approximate surface area is 162 Å². The van der Waals surface area contributed by atoms with Crippen molar-refractivity contribution in [2.24, 2.45) is 0 Å². The lowest BCUT2D eigenvalue weighted by atomic mass is 10.1. The van der Waals surface area contributed by atoms with Gasteiger partial charge in [-0.3, -0.25) is 0 Å². The Morgan fingerprint density at radius 1 is 0.786 bits per heavy atom. The molecule has 0 aliphatic carbocycles. The van der Waals surface area contributed by atoms with Crippen molar-refractivity contribution in [1.82, 2.24) is 4.73 Å². The number of nitrogens with zero attached hydrogens (tertiary/aromatic N) is 1. The quantitative estimate of drug-likeness (QED) is 0.513. The third-order valence-corrected chi connectivity index (χ3v) is 4.53. The monoisotopic (exact) mass is 373 g/mol. The maximum atomic E-state index is 12.9. The van der Waals surface area contributed by atoms with Crippen LogP contribution in [0.1, 0.15) is 10.4 Å². The van der Waals surface area contributed by atoms with Gasteiger partial charge >= 0.3 is 5.97 Å². The van der Waals surface area contributed by atoms with Crippen LogP contribution in [0.25, 0.3) is 22.2 Å². The molecule has 5 heteroatoms. The summed E-state index contributed by atoms with van der Waals surface area (Å²) in [6, 6.07) is 24.5. The molecule has 0 atom stereocenters. The van der Waals surface area contributed by atoms with Crippen molar-refractivity contribution >= 4 is 16.9 Å². The zero-order valence-electron chi connectivity index (χ0n) is 15.6. The fourth-order valence-corrected chi connectivity index (χ4v) is 3.14. The summed E-state index contributed by atoms with van der Waals surface area (Å²) in [4.78, 5) is 18.7. The number of fused-ring (bicyclic) bond motifs is 1. The van der Waals surface area contributed by atoms with E-state index in [4.69, 9.17) is 14.3 Å². The number of methoxy groups -OCH3 is 2. The van der Waals surface area contributed by atoms with Crippen molar-refractivity contribution in [2.45, 2.75) is 0 Å². The van der Waals surface area contributed by atoms with Gasteiger partial charge in [-0.25, -0.2) is 4.79 Å². The lowest BCUT2D eigenvalue weighted by Crippen LogP contribution is -2.20. The molecule has 0 fully saturated rings. The highest BCUT2D eigenvalue weighted by atomic mass is 16.7. The Balaban J connectivity index is 1.76. The first-order valence-corrected chi connectivity index (χ1v) is 8.82. The highest BCUT2D eigenvalue weighted by Crippen LogP contribution is 2.29. The largest absolute Gasteiger partial charge is 0.493 e. The third-order valence-electron chi connectivity index (χ3n) is 4.53. The fraction of sp³-hybridized carbons (Fsp3) is 0.0870. The summed E-state index contributed by atoms with van der Waals surface area (Å²) in [6.07, 6.45) is 0. The lowest BCUT2D eigenvalue weighted by molar-refractivity contribution is 0.0489. The molecule has 1 heterocycles. The minimum absolute atomic E-state index is 0.370. The second-order valence-corrected chi connectivity index (χ2v) is 6.20. The maximum absolute atomic E-state index is 12.9. The Morgan fingerprint density at radius 2 is 1.50 bits per heavy atom. The number of carbonyl (C=O) groups excluding carboxylic acids is 1. The zero-order chi connectivity index (χ0) is 19.5. The molecule has 28 heavy (non-hydrogen) atoms. The van der Waals surface area contributed by atoms with Gasteiger partial charge in [0.15, 0.2) is 11.5 Å². The molecule has 0 saturated heterocycles. The number of carbonyl (C=O) groups is 1. The predicted octanol–water partition coefficient (Wildman–Crippen LogP) is 4.59. The number of hydrogen-bond donors (Lipinski definition) is 0. The minimum atomic E-state index is -0.487. The van der Waals surface area contributed by atoms with Crippen molar-refractivity contribution in [3.63, 3.8) is 0 Å². The first kappa shape index (κ1) is 17.7. The van der Waals surface area contributed by atoms with E-state index in [1.807, 2.05) is 60.7 Å². The summed E-state index contributed by atoms with van der Waals surface area (Å²) in [7, 11) is 3.08. The molecule has 1 aromatic heterocycles. The van der Waals surface area contributed by atoms with Gasteiger partial charge in [-0.1, -0.05) is 48.5 Å². The molecule has 0 aliphatic rings. The topological polar surface area (TPSA) is 49.7 Å². The van der Waals surface area contributed by atoms with Crippen LogP contribution in [0, 0.1) is 0 Å². The van der Waals surface area contributed by atoms with Crippen molar-refractivity contribution < 1.29 is 19.1 Å². The van der Waals surface area contributed by atoms with Crippen LogP contribution >= 0.6 is 0 Å². The summed E-state index contributed by atoms with van der Waals surface area (Å²) < 4.78 is 12.1. The Morgan fingerprint density at radius 3 is 2.25 bits per heavy atom. The molecule has 0 saturated carbocycles. The van der Waals surface area contributed by atoms with Crippen LogP contribution < -0.4 is 14.3 Å². The van der Waals surface area contributed by atoms with Gasteiger partial charge in [-0.05, 0) is 30.3 Å². The van der Waals surface area contributed by atoms with E-state index in [0.29, 0.717) is 17.1 Å². The van der Waals surface area contributed by atoms with E-state index in [0.717, 1.165) is 22.2 Å². The molecular weight excluding hydrogens is 354 g/mol. The zero-order valence-corrected chi connectivity index (χ0v) is 15.6. The van der Waals surface area contributed by atoms with Crippen LogP contribution in [0.4, 0.5) is 0 Å². The van der Waals surface area contributed by atoms with E-state index >= 15 is 0 Å². The van der Waals surface area contributed by atoms with Gasteiger partial charge in [-0.15, -0.1) is 0 Å². The maximum Gasteiger partial charge on any atom is 0.363 e. The second kappa shape index (κ2) is 7.48. The smallest absolute Gasteiger partial charge is 0.363 e. The van der Waals surface area contributed by atoms with E-state index in [2.05, 4.69) is 0 Å². The van der Waals surface area contributed by atoms with Crippen LogP contribution in [-0.4, -0.2) is 24.9 Å². The molecule has 0 aliphatic heterocycles. The highest BCUT2D eigenvalue weighted by molar-refractivity contribution is 5.92. The molecule has 0 spiro atoms.